The lowest BCUT2D eigenvalue weighted by Gasteiger charge is -2.21. The molecule has 0 saturated carbocycles. The zero-order valence-electron chi connectivity index (χ0n) is 21.8. The summed E-state index contributed by atoms with van der Waals surface area (Å²) in [7, 11) is -0.804. The zero-order valence-corrected chi connectivity index (χ0v) is 23.8. The highest BCUT2D eigenvalue weighted by molar-refractivity contribution is 6.76. The minimum absolute atomic E-state index is 0.00741. The standard InChI is InChI=1S/C23H42N2O7Si2/c1-28-21-14-19(25(26)27)8-9-20(21)24-15-22(31-17-29-10-12-33(2,3)4)23(16-24)32-18-30-11-13-34(5,6)7/h8-9,14,22-23H,10-13,15-18H2,1-7H3. The number of rotatable bonds is 15. The molecule has 1 saturated heterocycles. The van der Waals surface area contributed by atoms with Gasteiger partial charge in [-0.2, -0.15) is 0 Å². The molecular formula is C23H42N2O7Si2. The number of non-ortho nitro benzene ring substituents is 1. The van der Waals surface area contributed by atoms with E-state index in [9.17, 15) is 10.1 Å². The number of nitro benzene ring substituents is 1. The van der Waals surface area contributed by atoms with Crippen molar-refractivity contribution in [3.8, 4) is 5.75 Å². The Labute approximate surface area is 205 Å². The van der Waals surface area contributed by atoms with Crippen LogP contribution in [-0.2, 0) is 18.9 Å². The fourth-order valence-corrected chi connectivity index (χ4v) is 4.96. The fraction of sp³-hybridized carbons (Fsp3) is 0.739. The second-order valence-electron chi connectivity index (χ2n) is 11.1. The predicted octanol–water partition coefficient (Wildman–Crippen LogP) is 4.82. The molecule has 1 aromatic carbocycles. The Balaban J connectivity index is 1.99. The maximum Gasteiger partial charge on any atom is 0.273 e. The van der Waals surface area contributed by atoms with E-state index in [1.807, 2.05) is 0 Å². The van der Waals surface area contributed by atoms with Crippen LogP contribution in [0.4, 0.5) is 11.4 Å². The highest BCUT2D eigenvalue weighted by atomic mass is 28.3. The molecule has 0 spiro atoms. The van der Waals surface area contributed by atoms with Crippen molar-refractivity contribution in [3.05, 3.63) is 28.3 Å². The topological polar surface area (TPSA) is 92.5 Å². The summed E-state index contributed by atoms with van der Waals surface area (Å²) in [4.78, 5) is 12.8. The molecule has 34 heavy (non-hydrogen) atoms. The molecule has 0 aromatic heterocycles. The molecule has 1 aromatic rings. The minimum Gasteiger partial charge on any atom is -0.494 e. The number of methoxy groups -OCH3 is 1. The number of ether oxygens (including phenoxy) is 5. The van der Waals surface area contributed by atoms with Gasteiger partial charge < -0.3 is 28.6 Å². The van der Waals surface area contributed by atoms with Gasteiger partial charge >= 0.3 is 0 Å². The Bertz CT molecular complexity index is 752. The summed E-state index contributed by atoms with van der Waals surface area (Å²) in [6.45, 7) is 16.8. The van der Waals surface area contributed by atoms with Crippen LogP contribution in [0, 0.1) is 10.1 Å². The van der Waals surface area contributed by atoms with Gasteiger partial charge in [-0.05, 0) is 18.2 Å². The van der Waals surface area contributed by atoms with Gasteiger partial charge in [-0.25, -0.2) is 0 Å². The number of anilines is 1. The van der Waals surface area contributed by atoms with Crippen LogP contribution in [0.1, 0.15) is 0 Å². The summed E-state index contributed by atoms with van der Waals surface area (Å²) in [5.41, 5.74) is 0.763. The van der Waals surface area contributed by atoms with Crippen LogP contribution in [0.2, 0.25) is 51.4 Å². The van der Waals surface area contributed by atoms with Gasteiger partial charge in [0.1, 0.15) is 31.5 Å². The maximum absolute atomic E-state index is 11.1. The third-order valence-electron chi connectivity index (χ3n) is 5.65. The van der Waals surface area contributed by atoms with Crippen LogP contribution in [0.5, 0.6) is 5.75 Å². The molecule has 1 fully saturated rings. The largest absolute Gasteiger partial charge is 0.494 e. The first kappa shape index (κ1) is 28.7. The normalized spacial score (nSPS) is 19.0. The van der Waals surface area contributed by atoms with Gasteiger partial charge in [0.05, 0.1) is 23.8 Å². The van der Waals surface area contributed by atoms with Crippen LogP contribution in [0.3, 0.4) is 0 Å². The Morgan fingerprint density at radius 3 is 1.85 bits per heavy atom. The van der Waals surface area contributed by atoms with Crippen LogP contribution in [0.15, 0.2) is 18.2 Å². The third kappa shape index (κ3) is 10.0. The smallest absolute Gasteiger partial charge is 0.273 e. The molecule has 11 heteroatoms. The van der Waals surface area contributed by atoms with Gasteiger partial charge in [-0.15, -0.1) is 0 Å². The van der Waals surface area contributed by atoms with Gasteiger partial charge in [-0.3, -0.25) is 10.1 Å². The minimum atomic E-state index is -1.16. The van der Waals surface area contributed by atoms with Gasteiger partial charge in [-0.1, -0.05) is 39.3 Å². The first-order chi connectivity index (χ1) is 15.9. The third-order valence-corrected chi connectivity index (χ3v) is 9.06. The van der Waals surface area contributed by atoms with Crippen molar-refractivity contribution < 1.29 is 28.6 Å². The van der Waals surface area contributed by atoms with Crippen molar-refractivity contribution in [3.63, 3.8) is 0 Å². The molecule has 9 nitrogen and oxygen atoms in total. The van der Waals surface area contributed by atoms with Crippen LogP contribution >= 0.6 is 0 Å². The number of hydrogen-bond donors (Lipinski definition) is 0. The molecule has 2 atom stereocenters. The first-order valence-corrected chi connectivity index (χ1v) is 19.3. The summed E-state index contributed by atoms with van der Waals surface area (Å²) >= 11 is 0. The molecular weight excluding hydrogens is 472 g/mol. The number of nitrogens with zero attached hydrogens (tertiary/aromatic N) is 2. The van der Waals surface area contributed by atoms with Gasteiger partial charge in [0, 0.05) is 48.5 Å². The summed E-state index contributed by atoms with van der Waals surface area (Å²) < 4.78 is 29.0. The van der Waals surface area contributed by atoms with Gasteiger partial charge in [0.25, 0.3) is 5.69 Å². The molecule has 2 unspecified atom stereocenters. The highest BCUT2D eigenvalue weighted by Gasteiger charge is 2.36. The number of nitro groups is 1. The average molecular weight is 515 g/mol. The van der Waals surface area contributed by atoms with Crippen LogP contribution < -0.4 is 9.64 Å². The highest BCUT2D eigenvalue weighted by Crippen LogP contribution is 2.35. The quantitative estimate of drug-likeness (QED) is 0.108. The molecule has 0 aliphatic carbocycles. The van der Waals surface area contributed by atoms with Crippen molar-refractivity contribution in [1.29, 1.82) is 0 Å². The summed E-state index contributed by atoms with van der Waals surface area (Å²) in [6.07, 6.45) is -0.431. The SMILES string of the molecule is COc1cc([N+](=O)[O-])ccc1N1CC(OCOCC[Si](C)(C)C)C(OCOCC[Si](C)(C)C)C1. The van der Waals surface area contributed by atoms with E-state index in [1.54, 1.807) is 6.07 Å². The van der Waals surface area contributed by atoms with E-state index in [0.29, 0.717) is 32.1 Å². The Morgan fingerprint density at radius 1 is 0.941 bits per heavy atom. The first-order valence-electron chi connectivity index (χ1n) is 11.9. The van der Waals surface area contributed by atoms with Crippen molar-refractivity contribution in [2.75, 3.05) is 51.9 Å². The van der Waals surface area contributed by atoms with E-state index in [4.69, 9.17) is 23.7 Å². The molecule has 0 amide bonds. The second-order valence-corrected chi connectivity index (χ2v) is 22.3. The van der Waals surface area contributed by atoms with E-state index in [-0.39, 0.29) is 31.5 Å². The van der Waals surface area contributed by atoms with Crippen LogP contribution in [-0.4, -0.2) is 80.3 Å². The van der Waals surface area contributed by atoms with Gasteiger partial charge in [0.2, 0.25) is 0 Å². The monoisotopic (exact) mass is 514 g/mol. The lowest BCUT2D eigenvalue weighted by atomic mass is 10.2. The zero-order chi connectivity index (χ0) is 25.4. The molecule has 1 heterocycles. The molecule has 2 rings (SSSR count). The van der Waals surface area contributed by atoms with Crippen LogP contribution in [0.25, 0.3) is 0 Å². The maximum atomic E-state index is 11.1. The summed E-state index contributed by atoms with van der Waals surface area (Å²) in [6, 6.07) is 6.81. The van der Waals surface area contributed by atoms with E-state index in [2.05, 4.69) is 44.2 Å². The molecule has 0 radical (unpaired) electrons. The predicted molar refractivity (Wildman–Crippen MR) is 140 cm³/mol. The van der Waals surface area contributed by atoms with Crippen molar-refractivity contribution in [2.24, 2.45) is 0 Å². The van der Waals surface area contributed by atoms with Crippen molar-refractivity contribution >= 4 is 27.5 Å². The molecule has 1 aliphatic heterocycles. The second kappa shape index (κ2) is 13.0. The number of hydrogen-bond acceptors (Lipinski definition) is 8. The van der Waals surface area contributed by atoms with E-state index >= 15 is 0 Å². The summed E-state index contributed by atoms with van der Waals surface area (Å²) in [5, 5.41) is 11.1. The fourth-order valence-electron chi connectivity index (χ4n) is 3.45. The number of benzene rings is 1. The Kier molecular flexibility index (Phi) is 11.0. The van der Waals surface area contributed by atoms with Crippen molar-refractivity contribution in [2.45, 2.75) is 63.6 Å². The van der Waals surface area contributed by atoms with Gasteiger partial charge in [0.15, 0.2) is 0 Å². The molecule has 1 aliphatic rings. The van der Waals surface area contributed by atoms with E-state index < -0.39 is 21.1 Å². The van der Waals surface area contributed by atoms with Crippen molar-refractivity contribution in [1.82, 2.24) is 0 Å². The lowest BCUT2D eigenvalue weighted by Crippen LogP contribution is -2.32. The van der Waals surface area contributed by atoms with E-state index in [0.717, 1.165) is 17.8 Å². The molecule has 194 valence electrons. The summed E-state index contributed by atoms with van der Waals surface area (Å²) in [5.74, 6) is 0.450. The molecule has 0 N–H and O–H groups in total. The Hall–Kier alpha value is -1.51. The molecule has 0 bridgehead atoms. The average Bonchev–Trinajstić information content (AvgIpc) is 3.13. The van der Waals surface area contributed by atoms with E-state index in [1.165, 1.54) is 19.2 Å². The lowest BCUT2D eigenvalue weighted by molar-refractivity contribution is -0.384. The Morgan fingerprint density at radius 2 is 1.44 bits per heavy atom.